The first-order valence-corrected chi connectivity index (χ1v) is 3.55. The summed E-state index contributed by atoms with van der Waals surface area (Å²) in [4.78, 5) is 8.03. The van der Waals surface area contributed by atoms with E-state index >= 15 is 0 Å². The molecule has 2 heterocycles. The quantitative estimate of drug-likeness (QED) is 0.635. The summed E-state index contributed by atoms with van der Waals surface area (Å²) in [6.45, 7) is 1.91. The first-order chi connectivity index (χ1) is 5.86. The Labute approximate surface area is 69.3 Å². The van der Waals surface area contributed by atoms with Gasteiger partial charge in [0.2, 0.25) is 0 Å². The fraction of sp³-hybridized carbons (Fsp3) is 0.125. The summed E-state index contributed by atoms with van der Waals surface area (Å²) in [7, 11) is 0. The number of hydrogen-bond acceptors (Lipinski definition) is 4. The van der Waals surface area contributed by atoms with Crippen molar-refractivity contribution in [3.05, 3.63) is 30.4 Å². The van der Waals surface area contributed by atoms with Gasteiger partial charge in [-0.1, -0.05) is 5.16 Å². The summed E-state index contributed by atoms with van der Waals surface area (Å²) in [6.07, 6.45) is 3.03. The van der Waals surface area contributed by atoms with Gasteiger partial charge >= 0.3 is 0 Å². The van der Waals surface area contributed by atoms with E-state index in [2.05, 4.69) is 15.1 Å². The Bertz CT molecular complexity index is 370. The van der Waals surface area contributed by atoms with Crippen LogP contribution in [0.25, 0.3) is 11.4 Å². The van der Waals surface area contributed by atoms with Crippen molar-refractivity contribution in [2.45, 2.75) is 6.92 Å². The van der Waals surface area contributed by atoms with E-state index in [9.17, 15) is 0 Å². The molecule has 4 nitrogen and oxygen atoms in total. The van der Waals surface area contributed by atoms with Crippen LogP contribution in [0.4, 0.5) is 0 Å². The number of rotatable bonds is 1. The van der Waals surface area contributed by atoms with Crippen LogP contribution in [-0.2, 0) is 0 Å². The summed E-state index contributed by atoms with van der Waals surface area (Å²) in [5.74, 6) is 0. The van der Waals surface area contributed by atoms with Gasteiger partial charge in [-0.25, -0.2) is 9.97 Å². The summed E-state index contributed by atoms with van der Waals surface area (Å²) in [5.41, 5.74) is 2.44. The van der Waals surface area contributed by atoms with Crippen molar-refractivity contribution in [3.63, 3.8) is 0 Å². The Kier molecular flexibility index (Phi) is 1.59. The fourth-order valence-electron chi connectivity index (χ4n) is 0.939. The van der Waals surface area contributed by atoms with E-state index in [1.807, 2.05) is 13.0 Å². The molecule has 0 atom stereocenters. The largest absolute Gasteiger partial charge is 0.364 e. The summed E-state index contributed by atoms with van der Waals surface area (Å²) < 4.78 is 4.70. The predicted molar refractivity (Wildman–Crippen MR) is 42.3 cm³/mol. The van der Waals surface area contributed by atoms with E-state index in [0.717, 1.165) is 17.1 Å². The average molecular weight is 161 g/mol. The molecule has 0 amide bonds. The van der Waals surface area contributed by atoms with Crippen molar-refractivity contribution in [2.75, 3.05) is 0 Å². The van der Waals surface area contributed by atoms with Crippen LogP contribution in [0.15, 0.2) is 29.2 Å². The van der Waals surface area contributed by atoms with Gasteiger partial charge in [0.25, 0.3) is 0 Å². The van der Waals surface area contributed by atoms with Crippen LogP contribution in [0, 0.1) is 6.92 Å². The van der Waals surface area contributed by atoms with Gasteiger partial charge in [-0.2, -0.15) is 0 Å². The molecule has 12 heavy (non-hydrogen) atoms. The minimum absolute atomic E-state index is 0.737. The molecule has 0 aliphatic carbocycles. The van der Waals surface area contributed by atoms with E-state index in [1.54, 1.807) is 6.07 Å². The molecular weight excluding hydrogens is 154 g/mol. The van der Waals surface area contributed by atoms with Crippen molar-refractivity contribution >= 4 is 0 Å². The first kappa shape index (κ1) is 6.97. The van der Waals surface area contributed by atoms with Gasteiger partial charge in [0.1, 0.15) is 18.3 Å². The van der Waals surface area contributed by atoms with Crippen molar-refractivity contribution in [1.82, 2.24) is 15.1 Å². The van der Waals surface area contributed by atoms with E-state index in [4.69, 9.17) is 4.52 Å². The SMILES string of the molecule is Cc1cc(-c2ccon2)ncn1. The average Bonchev–Trinajstić information content (AvgIpc) is 2.56. The van der Waals surface area contributed by atoms with E-state index < -0.39 is 0 Å². The molecule has 0 bridgehead atoms. The maximum Gasteiger partial charge on any atom is 0.132 e. The van der Waals surface area contributed by atoms with Crippen LogP contribution < -0.4 is 0 Å². The molecule has 0 unspecified atom stereocenters. The number of nitrogens with zero attached hydrogens (tertiary/aromatic N) is 3. The normalized spacial score (nSPS) is 10.1. The van der Waals surface area contributed by atoms with Crippen LogP contribution in [0.5, 0.6) is 0 Å². The first-order valence-electron chi connectivity index (χ1n) is 3.55. The maximum atomic E-state index is 4.70. The Hall–Kier alpha value is -1.71. The number of aryl methyl sites for hydroxylation is 1. The molecule has 0 spiro atoms. The fourth-order valence-corrected chi connectivity index (χ4v) is 0.939. The zero-order valence-electron chi connectivity index (χ0n) is 6.56. The molecule has 2 aromatic heterocycles. The highest BCUT2D eigenvalue weighted by Crippen LogP contribution is 2.12. The molecule has 2 rings (SSSR count). The van der Waals surface area contributed by atoms with Crippen LogP contribution in [0.1, 0.15) is 5.69 Å². The predicted octanol–water partition coefficient (Wildman–Crippen LogP) is 1.44. The van der Waals surface area contributed by atoms with Crippen LogP contribution in [0.3, 0.4) is 0 Å². The molecule has 0 aromatic carbocycles. The molecule has 0 N–H and O–H groups in total. The molecule has 4 heteroatoms. The number of hydrogen-bond donors (Lipinski definition) is 0. The highest BCUT2D eigenvalue weighted by Gasteiger charge is 2.01. The molecule has 0 aliphatic rings. The summed E-state index contributed by atoms with van der Waals surface area (Å²) in [5, 5.41) is 3.76. The van der Waals surface area contributed by atoms with Crippen LogP contribution >= 0.6 is 0 Å². The lowest BCUT2D eigenvalue weighted by Gasteiger charge is -1.93. The zero-order valence-corrected chi connectivity index (χ0v) is 6.56. The standard InChI is InChI=1S/C8H7N3O/c1-6-4-8(10-5-9-6)7-2-3-12-11-7/h2-5H,1H3. The number of aromatic nitrogens is 3. The maximum absolute atomic E-state index is 4.70. The molecule has 0 aliphatic heterocycles. The second-order valence-electron chi connectivity index (χ2n) is 2.43. The Balaban J connectivity index is 2.48. The summed E-state index contributed by atoms with van der Waals surface area (Å²) in [6, 6.07) is 3.62. The molecule has 0 saturated carbocycles. The smallest absolute Gasteiger partial charge is 0.132 e. The molecular formula is C8H7N3O. The Morgan fingerprint density at radius 2 is 2.17 bits per heavy atom. The van der Waals surface area contributed by atoms with Crippen molar-refractivity contribution in [3.8, 4) is 11.4 Å². The van der Waals surface area contributed by atoms with Crippen LogP contribution in [-0.4, -0.2) is 15.1 Å². The minimum Gasteiger partial charge on any atom is -0.364 e. The lowest BCUT2D eigenvalue weighted by molar-refractivity contribution is 0.422. The highest BCUT2D eigenvalue weighted by atomic mass is 16.5. The van der Waals surface area contributed by atoms with Gasteiger partial charge in [0.15, 0.2) is 0 Å². The van der Waals surface area contributed by atoms with Crippen molar-refractivity contribution < 1.29 is 4.52 Å². The Morgan fingerprint density at radius 3 is 2.83 bits per heavy atom. The molecule has 0 saturated heterocycles. The molecule has 2 aromatic rings. The third-order valence-electron chi connectivity index (χ3n) is 1.50. The van der Waals surface area contributed by atoms with Gasteiger partial charge in [-0.05, 0) is 13.0 Å². The summed E-state index contributed by atoms with van der Waals surface area (Å²) >= 11 is 0. The topological polar surface area (TPSA) is 51.8 Å². The van der Waals surface area contributed by atoms with Gasteiger partial charge in [0, 0.05) is 11.8 Å². The Morgan fingerprint density at radius 1 is 1.25 bits per heavy atom. The van der Waals surface area contributed by atoms with Gasteiger partial charge in [-0.15, -0.1) is 0 Å². The lowest BCUT2D eigenvalue weighted by Crippen LogP contribution is -1.87. The van der Waals surface area contributed by atoms with Gasteiger partial charge in [-0.3, -0.25) is 0 Å². The third kappa shape index (κ3) is 1.18. The van der Waals surface area contributed by atoms with Crippen molar-refractivity contribution in [2.24, 2.45) is 0 Å². The van der Waals surface area contributed by atoms with E-state index in [-0.39, 0.29) is 0 Å². The molecule has 0 radical (unpaired) electrons. The van der Waals surface area contributed by atoms with Gasteiger partial charge in [0.05, 0.1) is 5.69 Å². The minimum atomic E-state index is 0.737. The van der Waals surface area contributed by atoms with E-state index in [1.165, 1.54) is 12.6 Å². The molecule has 0 fully saturated rings. The van der Waals surface area contributed by atoms with Gasteiger partial charge < -0.3 is 4.52 Å². The van der Waals surface area contributed by atoms with E-state index in [0.29, 0.717) is 0 Å². The second-order valence-corrected chi connectivity index (χ2v) is 2.43. The highest BCUT2D eigenvalue weighted by molar-refractivity contribution is 5.52. The third-order valence-corrected chi connectivity index (χ3v) is 1.50. The zero-order chi connectivity index (χ0) is 8.39. The lowest BCUT2D eigenvalue weighted by atomic mass is 10.3. The monoisotopic (exact) mass is 161 g/mol. The van der Waals surface area contributed by atoms with Crippen LogP contribution in [0.2, 0.25) is 0 Å². The van der Waals surface area contributed by atoms with Crippen molar-refractivity contribution in [1.29, 1.82) is 0 Å². The molecule has 60 valence electrons. The second kappa shape index (κ2) is 2.73.